The standard InChI is InChI=1S/C10H7NO5/c1-15-9(13)8(12)5-2-3-7-6(4-5)11-10(14)16-7/h2-4H,1H3,(H,11,14). The zero-order valence-corrected chi connectivity index (χ0v) is 8.27. The summed E-state index contributed by atoms with van der Waals surface area (Å²) in [7, 11) is 1.12. The van der Waals surface area contributed by atoms with Gasteiger partial charge in [0.15, 0.2) is 5.58 Å². The Morgan fingerprint density at radius 2 is 2.12 bits per heavy atom. The maximum atomic E-state index is 11.4. The second-order valence-corrected chi connectivity index (χ2v) is 3.05. The molecule has 0 aliphatic rings. The highest BCUT2D eigenvalue weighted by Crippen LogP contribution is 2.12. The van der Waals surface area contributed by atoms with Crippen LogP contribution in [0.25, 0.3) is 11.1 Å². The summed E-state index contributed by atoms with van der Waals surface area (Å²) in [5.41, 5.74) is 0.822. The number of rotatable bonds is 2. The summed E-state index contributed by atoms with van der Waals surface area (Å²) < 4.78 is 9.05. The molecule has 1 aromatic heterocycles. The number of ether oxygens (including phenoxy) is 1. The van der Waals surface area contributed by atoms with E-state index in [9.17, 15) is 14.4 Å². The highest BCUT2D eigenvalue weighted by molar-refractivity contribution is 6.40. The molecule has 2 rings (SSSR count). The lowest BCUT2D eigenvalue weighted by Crippen LogP contribution is -2.15. The first-order chi connectivity index (χ1) is 7.61. The molecule has 0 fully saturated rings. The fraction of sp³-hybridized carbons (Fsp3) is 0.100. The van der Waals surface area contributed by atoms with E-state index >= 15 is 0 Å². The molecule has 1 N–H and O–H groups in total. The van der Waals surface area contributed by atoms with Crippen LogP contribution in [-0.2, 0) is 9.53 Å². The average Bonchev–Trinajstić information content (AvgIpc) is 2.65. The van der Waals surface area contributed by atoms with Crippen molar-refractivity contribution in [3.8, 4) is 0 Å². The summed E-state index contributed by atoms with van der Waals surface area (Å²) in [6, 6.07) is 4.18. The van der Waals surface area contributed by atoms with Gasteiger partial charge in [-0.05, 0) is 18.2 Å². The average molecular weight is 221 g/mol. The molecular weight excluding hydrogens is 214 g/mol. The lowest BCUT2D eigenvalue weighted by Gasteiger charge is -1.97. The molecule has 0 bridgehead atoms. The van der Waals surface area contributed by atoms with Crippen LogP contribution in [0, 0.1) is 0 Å². The monoisotopic (exact) mass is 221 g/mol. The number of esters is 1. The molecule has 0 aliphatic carbocycles. The van der Waals surface area contributed by atoms with E-state index in [2.05, 4.69) is 9.72 Å². The topological polar surface area (TPSA) is 89.4 Å². The van der Waals surface area contributed by atoms with Crippen molar-refractivity contribution in [3.05, 3.63) is 34.3 Å². The van der Waals surface area contributed by atoms with E-state index in [1.807, 2.05) is 0 Å². The number of ketones is 1. The van der Waals surface area contributed by atoms with Crippen molar-refractivity contribution in [1.29, 1.82) is 0 Å². The third-order valence-corrected chi connectivity index (χ3v) is 2.05. The Labute approximate surface area is 88.8 Å². The van der Waals surface area contributed by atoms with Gasteiger partial charge in [0, 0.05) is 5.56 Å². The van der Waals surface area contributed by atoms with E-state index in [4.69, 9.17) is 4.42 Å². The van der Waals surface area contributed by atoms with Crippen molar-refractivity contribution in [2.45, 2.75) is 0 Å². The third kappa shape index (κ3) is 1.60. The quantitative estimate of drug-likeness (QED) is 0.452. The number of fused-ring (bicyclic) bond motifs is 1. The summed E-state index contributed by atoms with van der Waals surface area (Å²) in [4.78, 5) is 35.7. The van der Waals surface area contributed by atoms with Crippen LogP contribution in [0.15, 0.2) is 27.4 Å². The van der Waals surface area contributed by atoms with Gasteiger partial charge in [-0.25, -0.2) is 9.59 Å². The number of H-pyrrole nitrogens is 1. The Bertz CT molecular complexity index is 621. The van der Waals surface area contributed by atoms with Gasteiger partial charge in [0.1, 0.15) is 0 Å². The molecule has 2 aromatic rings. The number of nitrogens with one attached hydrogen (secondary N) is 1. The van der Waals surface area contributed by atoms with Crippen molar-refractivity contribution in [1.82, 2.24) is 4.98 Å². The van der Waals surface area contributed by atoms with Gasteiger partial charge >= 0.3 is 11.7 Å². The number of aromatic amines is 1. The number of Topliss-reactive ketones (excluding diaryl/α,β-unsaturated/α-hetero) is 1. The van der Waals surface area contributed by atoms with Gasteiger partial charge in [-0.3, -0.25) is 9.78 Å². The Balaban J connectivity index is 2.50. The first-order valence-electron chi connectivity index (χ1n) is 4.37. The van der Waals surface area contributed by atoms with Gasteiger partial charge < -0.3 is 9.15 Å². The SMILES string of the molecule is COC(=O)C(=O)c1ccc2oc(=O)[nH]c2c1. The largest absolute Gasteiger partial charge is 0.463 e. The highest BCUT2D eigenvalue weighted by atomic mass is 16.5. The molecule has 0 radical (unpaired) electrons. The number of benzene rings is 1. The van der Waals surface area contributed by atoms with Crippen molar-refractivity contribution in [2.24, 2.45) is 0 Å². The van der Waals surface area contributed by atoms with Crippen LogP contribution in [0.2, 0.25) is 0 Å². The number of methoxy groups -OCH3 is 1. The summed E-state index contributed by atoms with van der Waals surface area (Å²) >= 11 is 0. The zero-order valence-electron chi connectivity index (χ0n) is 8.27. The lowest BCUT2D eigenvalue weighted by molar-refractivity contribution is -0.135. The first kappa shape index (κ1) is 10.2. The van der Waals surface area contributed by atoms with Gasteiger partial charge in [0.2, 0.25) is 0 Å². The number of hydrogen-bond acceptors (Lipinski definition) is 5. The second-order valence-electron chi connectivity index (χ2n) is 3.05. The second kappa shape index (κ2) is 3.65. The van der Waals surface area contributed by atoms with E-state index in [1.165, 1.54) is 18.2 Å². The number of carbonyl (C=O) groups is 2. The zero-order chi connectivity index (χ0) is 11.7. The molecule has 1 aromatic carbocycles. The summed E-state index contributed by atoms with van der Waals surface area (Å²) in [6.07, 6.45) is 0. The fourth-order valence-electron chi connectivity index (χ4n) is 1.30. The molecular formula is C10H7NO5. The molecule has 16 heavy (non-hydrogen) atoms. The van der Waals surface area contributed by atoms with Crippen LogP contribution in [0.5, 0.6) is 0 Å². The Morgan fingerprint density at radius 1 is 1.38 bits per heavy atom. The number of aromatic nitrogens is 1. The summed E-state index contributed by atoms with van der Waals surface area (Å²) in [5.74, 6) is -2.34. The number of carbonyl (C=O) groups excluding carboxylic acids is 2. The van der Waals surface area contributed by atoms with Crippen LogP contribution in [0.4, 0.5) is 0 Å². The van der Waals surface area contributed by atoms with Crippen LogP contribution in [0.3, 0.4) is 0 Å². The van der Waals surface area contributed by atoms with E-state index in [0.717, 1.165) is 7.11 Å². The Morgan fingerprint density at radius 3 is 2.81 bits per heavy atom. The Kier molecular flexibility index (Phi) is 2.32. The molecule has 6 heteroatoms. The van der Waals surface area contributed by atoms with Crippen molar-refractivity contribution in [3.63, 3.8) is 0 Å². The molecule has 0 aliphatic heterocycles. The van der Waals surface area contributed by atoms with Crippen molar-refractivity contribution >= 4 is 22.9 Å². The minimum absolute atomic E-state index is 0.136. The van der Waals surface area contributed by atoms with E-state index < -0.39 is 17.5 Å². The smallest absolute Gasteiger partial charge is 0.417 e. The minimum atomic E-state index is -0.954. The van der Waals surface area contributed by atoms with Gasteiger partial charge in [-0.15, -0.1) is 0 Å². The van der Waals surface area contributed by atoms with Crippen molar-refractivity contribution in [2.75, 3.05) is 7.11 Å². The van der Waals surface area contributed by atoms with Gasteiger partial charge in [0.25, 0.3) is 5.78 Å². The molecule has 0 amide bonds. The van der Waals surface area contributed by atoms with Gasteiger partial charge in [0.05, 0.1) is 12.6 Å². The number of hydrogen-bond donors (Lipinski definition) is 1. The van der Waals surface area contributed by atoms with E-state index in [0.29, 0.717) is 11.1 Å². The maximum Gasteiger partial charge on any atom is 0.417 e. The van der Waals surface area contributed by atoms with Crippen LogP contribution in [-0.4, -0.2) is 23.8 Å². The predicted octanol–water partition coefficient (Wildman–Crippen LogP) is 0.477. The Hall–Kier alpha value is -2.37. The van der Waals surface area contributed by atoms with Crippen LogP contribution in [0.1, 0.15) is 10.4 Å². The minimum Gasteiger partial charge on any atom is -0.463 e. The van der Waals surface area contributed by atoms with E-state index in [-0.39, 0.29) is 5.56 Å². The maximum absolute atomic E-state index is 11.4. The van der Waals surface area contributed by atoms with Crippen LogP contribution >= 0.6 is 0 Å². The summed E-state index contributed by atoms with van der Waals surface area (Å²) in [5, 5.41) is 0. The van der Waals surface area contributed by atoms with Gasteiger partial charge in [-0.1, -0.05) is 0 Å². The summed E-state index contributed by atoms with van der Waals surface area (Å²) in [6.45, 7) is 0. The van der Waals surface area contributed by atoms with Gasteiger partial charge in [-0.2, -0.15) is 0 Å². The molecule has 1 heterocycles. The molecule has 0 saturated heterocycles. The number of oxazole rings is 1. The molecule has 0 saturated carbocycles. The molecule has 6 nitrogen and oxygen atoms in total. The third-order valence-electron chi connectivity index (χ3n) is 2.05. The van der Waals surface area contributed by atoms with Crippen LogP contribution < -0.4 is 5.76 Å². The normalized spacial score (nSPS) is 10.3. The first-order valence-corrected chi connectivity index (χ1v) is 4.37. The molecule has 0 atom stereocenters. The van der Waals surface area contributed by atoms with E-state index in [1.54, 1.807) is 0 Å². The lowest BCUT2D eigenvalue weighted by atomic mass is 10.1. The molecule has 0 spiro atoms. The molecule has 82 valence electrons. The predicted molar refractivity (Wildman–Crippen MR) is 53.2 cm³/mol. The van der Waals surface area contributed by atoms with Crippen molar-refractivity contribution < 1.29 is 18.7 Å². The fourth-order valence-corrected chi connectivity index (χ4v) is 1.30. The highest BCUT2D eigenvalue weighted by Gasteiger charge is 2.17. The molecule has 0 unspecified atom stereocenters.